The summed E-state index contributed by atoms with van der Waals surface area (Å²) < 4.78 is 7.75. The van der Waals surface area contributed by atoms with Crippen LogP contribution in [0.25, 0.3) is 0 Å². The number of hydrogen-bond donors (Lipinski definition) is 2. The summed E-state index contributed by atoms with van der Waals surface area (Å²) in [5.74, 6) is 2.20. The number of ether oxygens (including phenoxy) is 1. The lowest BCUT2D eigenvalue weighted by Gasteiger charge is -2.46. The normalized spacial score (nSPS) is 20.6. The first-order valence-electron chi connectivity index (χ1n) is 11.3. The van der Waals surface area contributed by atoms with Gasteiger partial charge in [-0.15, -0.1) is 0 Å². The highest BCUT2D eigenvalue weighted by atomic mass is 35.5. The molecule has 1 aromatic heterocycles. The molecule has 5 rings (SSSR count). The van der Waals surface area contributed by atoms with Crippen LogP contribution in [0, 0.1) is 0 Å². The highest BCUT2D eigenvalue weighted by Crippen LogP contribution is 2.40. The second-order valence-corrected chi connectivity index (χ2v) is 9.71. The standard InChI is InChI=1S/C23H30ClN5O2/c1-28-21(13-20(27-28)16-3-4-16)25-22(30)26-23(9-2-10-23)11-12-29-14-19(15-29)31-18-7-5-17(24)6-8-18/h5-8,13,16,19H,2-4,9-12,14-15H2,1H3,(H2,25,26,30). The van der Waals surface area contributed by atoms with Crippen LogP contribution in [0.4, 0.5) is 10.6 Å². The smallest absolute Gasteiger partial charge is 0.320 e. The molecule has 2 saturated carbocycles. The zero-order chi connectivity index (χ0) is 21.4. The van der Waals surface area contributed by atoms with E-state index in [9.17, 15) is 4.79 Å². The van der Waals surface area contributed by atoms with Gasteiger partial charge in [-0.3, -0.25) is 14.9 Å². The summed E-state index contributed by atoms with van der Waals surface area (Å²) in [5.41, 5.74) is 0.994. The van der Waals surface area contributed by atoms with E-state index in [1.54, 1.807) is 4.68 Å². The number of likely N-dealkylation sites (tertiary alicyclic amines) is 1. The fourth-order valence-electron chi connectivity index (χ4n) is 4.47. The van der Waals surface area contributed by atoms with Crippen LogP contribution in [0.3, 0.4) is 0 Å². The van der Waals surface area contributed by atoms with Crippen molar-refractivity contribution in [3.05, 3.63) is 41.0 Å². The number of rotatable bonds is 8. The van der Waals surface area contributed by atoms with Crippen molar-refractivity contribution >= 4 is 23.4 Å². The number of anilines is 1. The molecule has 0 bridgehead atoms. The zero-order valence-electron chi connectivity index (χ0n) is 17.9. The Morgan fingerprint density at radius 3 is 2.65 bits per heavy atom. The molecule has 0 radical (unpaired) electrons. The number of amides is 2. The monoisotopic (exact) mass is 443 g/mol. The van der Waals surface area contributed by atoms with E-state index in [4.69, 9.17) is 16.3 Å². The number of aryl methyl sites for hydroxylation is 1. The highest BCUT2D eigenvalue weighted by molar-refractivity contribution is 6.30. The van der Waals surface area contributed by atoms with Crippen molar-refractivity contribution in [3.8, 4) is 5.75 Å². The largest absolute Gasteiger partial charge is 0.488 e. The van der Waals surface area contributed by atoms with Gasteiger partial charge < -0.3 is 10.1 Å². The molecule has 2 N–H and O–H groups in total. The van der Waals surface area contributed by atoms with E-state index < -0.39 is 0 Å². The minimum Gasteiger partial charge on any atom is -0.488 e. The molecule has 1 aliphatic heterocycles. The number of nitrogens with one attached hydrogen (secondary N) is 2. The van der Waals surface area contributed by atoms with Gasteiger partial charge in [0.1, 0.15) is 17.7 Å². The fraction of sp³-hybridized carbons (Fsp3) is 0.565. The van der Waals surface area contributed by atoms with Gasteiger partial charge in [0.25, 0.3) is 0 Å². The SMILES string of the molecule is Cn1nc(C2CC2)cc1NC(=O)NC1(CCN2CC(Oc3ccc(Cl)cc3)C2)CCC1. The van der Waals surface area contributed by atoms with E-state index in [0.29, 0.717) is 5.92 Å². The second kappa shape index (κ2) is 8.36. The zero-order valence-corrected chi connectivity index (χ0v) is 18.7. The molecule has 0 unspecified atom stereocenters. The Bertz CT molecular complexity index is 930. The first kappa shape index (κ1) is 20.6. The molecular formula is C23H30ClN5O2. The van der Waals surface area contributed by atoms with Crippen molar-refractivity contribution in [1.82, 2.24) is 20.0 Å². The van der Waals surface area contributed by atoms with E-state index in [1.165, 1.54) is 19.3 Å². The van der Waals surface area contributed by atoms with Crippen LogP contribution >= 0.6 is 11.6 Å². The Morgan fingerprint density at radius 2 is 2.00 bits per heavy atom. The number of benzene rings is 1. The molecule has 1 saturated heterocycles. The van der Waals surface area contributed by atoms with Crippen LogP contribution in [0.1, 0.15) is 50.1 Å². The van der Waals surface area contributed by atoms with Crippen LogP contribution in [-0.4, -0.2) is 52.0 Å². The molecule has 31 heavy (non-hydrogen) atoms. The number of halogens is 1. The van der Waals surface area contributed by atoms with Gasteiger partial charge >= 0.3 is 6.03 Å². The Hall–Kier alpha value is -2.25. The van der Waals surface area contributed by atoms with Crippen molar-refractivity contribution in [2.24, 2.45) is 7.05 Å². The summed E-state index contributed by atoms with van der Waals surface area (Å²) >= 11 is 5.92. The van der Waals surface area contributed by atoms with Gasteiger partial charge in [-0.2, -0.15) is 5.10 Å². The van der Waals surface area contributed by atoms with E-state index in [-0.39, 0.29) is 17.7 Å². The number of nitrogens with zero attached hydrogens (tertiary/aromatic N) is 3. The third-order valence-corrected chi connectivity index (χ3v) is 7.02. The third kappa shape index (κ3) is 4.83. The fourth-order valence-corrected chi connectivity index (χ4v) is 4.60. The second-order valence-electron chi connectivity index (χ2n) is 9.27. The van der Waals surface area contributed by atoms with Gasteiger partial charge in [0.2, 0.25) is 0 Å². The van der Waals surface area contributed by atoms with Gasteiger partial charge in [-0.25, -0.2) is 4.79 Å². The number of hydrogen-bond acceptors (Lipinski definition) is 4. The average molecular weight is 444 g/mol. The van der Waals surface area contributed by atoms with Crippen LogP contribution in [0.2, 0.25) is 5.02 Å². The average Bonchev–Trinajstić information content (AvgIpc) is 3.47. The van der Waals surface area contributed by atoms with Crippen molar-refractivity contribution < 1.29 is 9.53 Å². The first-order valence-corrected chi connectivity index (χ1v) is 11.6. The topological polar surface area (TPSA) is 71.4 Å². The summed E-state index contributed by atoms with van der Waals surface area (Å²) in [6.45, 7) is 2.81. The highest BCUT2D eigenvalue weighted by Gasteiger charge is 2.40. The molecule has 1 aromatic carbocycles. The quantitative estimate of drug-likeness (QED) is 0.643. The summed E-state index contributed by atoms with van der Waals surface area (Å²) in [6, 6.07) is 9.40. The molecule has 0 spiro atoms. The molecule has 2 aliphatic carbocycles. The number of aromatic nitrogens is 2. The lowest BCUT2D eigenvalue weighted by Crippen LogP contribution is -2.59. The van der Waals surface area contributed by atoms with Gasteiger partial charge in [0.05, 0.1) is 5.69 Å². The van der Waals surface area contributed by atoms with Crippen molar-refractivity contribution in [2.75, 3.05) is 25.0 Å². The predicted molar refractivity (Wildman–Crippen MR) is 121 cm³/mol. The molecule has 7 nitrogen and oxygen atoms in total. The Balaban J connectivity index is 1.07. The third-order valence-electron chi connectivity index (χ3n) is 6.77. The van der Waals surface area contributed by atoms with E-state index >= 15 is 0 Å². The minimum absolute atomic E-state index is 0.0931. The number of urea groups is 1. The summed E-state index contributed by atoms with van der Waals surface area (Å²) in [4.78, 5) is 15.1. The maximum absolute atomic E-state index is 12.7. The molecule has 2 aromatic rings. The van der Waals surface area contributed by atoms with Gasteiger partial charge in [-0.1, -0.05) is 11.6 Å². The molecule has 2 amide bonds. The van der Waals surface area contributed by atoms with Crippen LogP contribution in [0.5, 0.6) is 5.75 Å². The van der Waals surface area contributed by atoms with Crippen LogP contribution in [0.15, 0.2) is 30.3 Å². The number of carbonyl (C=O) groups is 1. The Morgan fingerprint density at radius 1 is 1.26 bits per heavy atom. The van der Waals surface area contributed by atoms with Crippen LogP contribution < -0.4 is 15.4 Å². The number of carbonyl (C=O) groups excluding carboxylic acids is 1. The minimum atomic E-state index is -0.127. The van der Waals surface area contributed by atoms with Gasteiger partial charge in [0, 0.05) is 49.2 Å². The molecule has 3 aliphatic rings. The molecule has 8 heteroatoms. The molecule has 166 valence electrons. The lowest BCUT2D eigenvalue weighted by atomic mass is 9.74. The van der Waals surface area contributed by atoms with E-state index in [0.717, 1.165) is 61.2 Å². The van der Waals surface area contributed by atoms with E-state index in [2.05, 4.69) is 20.6 Å². The summed E-state index contributed by atoms with van der Waals surface area (Å²) in [7, 11) is 1.88. The van der Waals surface area contributed by atoms with Gasteiger partial charge in [-0.05, 0) is 62.8 Å². The van der Waals surface area contributed by atoms with Crippen LogP contribution in [-0.2, 0) is 7.05 Å². The molecule has 2 heterocycles. The Kier molecular flexibility index (Phi) is 5.56. The lowest BCUT2D eigenvalue weighted by molar-refractivity contribution is 0.0101. The van der Waals surface area contributed by atoms with Crippen molar-refractivity contribution in [3.63, 3.8) is 0 Å². The summed E-state index contributed by atoms with van der Waals surface area (Å²) in [6.07, 6.45) is 6.84. The van der Waals surface area contributed by atoms with Crippen molar-refractivity contribution in [2.45, 2.75) is 56.1 Å². The van der Waals surface area contributed by atoms with E-state index in [1.807, 2.05) is 37.4 Å². The van der Waals surface area contributed by atoms with Crippen molar-refractivity contribution in [1.29, 1.82) is 0 Å². The maximum atomic E-state index is 12.7. The molecule has 3 fully saturated rings. The summed E-state index contributed by atoms with van der Waals surface area (Å²) in [5, 5.41) is 11.5. The first-order chi connectivity index (χ1) is 15.0. The molecule has 0 atom stereocenters. The van der Waals surface area contributed by atoms with Gasteiger partial charge in [0.15, 0.2) is 0 Å². The maximum Gasteiger partial charge on any atom is 0.320 e. The Labute approximate surface area is 188 Å². The molecular weight excluding hydrogens is 414 g/mol. The predicted octanol–water partition coefficient (Wildman–Crippen LogP) is 4.15.